The average molecular weight is 526 g/mol. The number of halogens is 5. The largest absolute Gasteiger partial charge is 0.419 e. The van der Waals surface area contributed by atoms with Crippen LogP contribution in [0.15, 0.2) is 77.6 Å². The van der Waals surface area contributed by atoms with Crippen LogP contribution in [0.3, 0.4) is 0 Å². The van der Waals surface area contributed by atoms with Gasteiger partial charge in [0.25, 0.3) is 5.56 Å². The van der Waals surface area contributed by atoms with E-state index in [1.165, 1.54) is 0 Å². The van der Waals surface area contributed by atoms with Crippen molar-refractivity contribution in [3.05, 3.63) is 134 Å². The first-order chi connectivity index (χ1) is 18.1. The molecule has 0 fully saturated rings. The van der Waals surface area contributed by atoms with Crippen LogP contribution in [0.25, 0.3) is 0 Å². The lowest BCUT2D eigenvalue weighted by atomic mass is 9.97. The normalized spacial score (nSPS) is 14.1. The molecule has 0 amide bonds. The van der Waals surface area contributed by atoms with Gasteiger partial charge in [-0.3, -0.25) is 14.3 Å². The molecule has 9 heteroatoms. The highest BCUT2D eigenvalue weighted by molar-refractivity contribution is 5.35. The highest BCUT2D eigenvalue weighted by Crippen LogP contribution is 2.34. The molecule has 196 valence electrons. The van der Waals surface area contributed by atoms with Crippen LogP contribution >= 0.6 is 0 Å². The summed E-state index contributed by atoms with van der Waals surface area (Å²) in [6, 6.07) is 20.2. The molecule has 2 heterocycles. The number of alkyl halides is 3. The summed E-state index contributed by atoms with van der Waals surface area (Å²) < 4.78 is 69.2. The number of benzene rings is 3. The third kappa shape index (κ3) is 4.86. The van der Waals surface area contributed by atoms with Gasteiger partial charge >= 0.3 is 6.18 Å². The van der Waals surface area contributed by atoms with Crippen LogP contribution < -0.4 is 5.56 Å². The van der Waals surface area contributed by atoms with Crippen molar-refractivity contribution in [3.63, 3.8) is 0 Å². The van der Waals surface area contributed by atoms with E-state index >= 15 is 0 Å². The average Bonchev–Trinajstić information content (AvgIpc) is 2.90. The van der Waals surface area contributed by atoms with Gasteiger partial charge < -0.3 is 0 Å². The minimum Gasteiger partial charge on any atom is -0.294 e. The number of fused-ring (bicyclic) bond motifs is 1. The van der Waals surface area contributed by atoms with Crippen molar-refractivity contribution in [2.45, 2.75) is 38.7 Å². The van der Waals surface area contributed by atoms with Crippen molar-refractivity contribution in [2.75, 3.05) is 6.54 Å². The van der Waals surface area contributed by atoms with Gasteiger partial charge in [-0.15, -0.1) is 0 Å². The molecular formula is C29H24F5N3O. The van der Waals surface area contributed by atoms with E-state index in [2.05, 4.69) is 0 Å². The van der Waals surface area contributed by atoms with Gasteiger partial charge in [0.05, 0.1) is 22.9 Å². The zero-order valence-electron chi connectivity index (χ0n) is 20.5. The minimum atomic E-state index is -4.99. The number of aromatic nitrogens is 2. The molecule has 0 atom stereocenters. The van der Waals surface area contributed by atoms with Crippen LogP contribution in [0, 0.1) is 18.6 Å². The Morgan fingerprint density at radius 2 is 1.50 bits per heavy atom. The Hall–Kier alpha value is -3.85. The summed E-state index contributed by atoms with van der Waals surface area (Å²) in [4.78, 5) is 20.4. The molecule has 0 saturated carbocycles. The smallest absolute Gasteiger partial charge is 0.294 e. The van der Waals surface area contributed by atoms with Crippen LogP contribution in [0.1, 0.15) is 45.4 Å². The van der Waals surface area contributed by atoms with Crippen molar-refractivity contribution < 1.29 is 22.0 Å². The maximum atomic E-state index is 14.5. The first-order valence-electron chi connectivity index (χ1n) is 12.1. The van der Waals surface area contributed by atoms with Crippen molar-refractivity contribution in [1.82, 2.24) is 14.5 Å². The second kappa shape index (κ2) is 10.1. The van der Waals surface area contributed by atoms with Gasteiger partial charge in [-0.25, -0.2) is 13.8 Å². The van der Waals surface area contributed by atoms with Gasteiger partial charge in [0.2, 0.25) is 0 Å². The zero-order chi connectivity index (χ0) is 27.0. The second-order valence-electron chi connectivity index (χ2n) is 9.34. The Morgan fingerprint density at radius 3 is 2.08 bits per heavy atom. The van der Waals surface area contributed by atoms with E-state index in [-0.39, 0.29) is 24.2 Å². The van der Waals surface area contributed by atoms with E-state index in [9.17, 15) is 26.7 Å². The molecule has 0 unspecified atom stereocenters. The molecule has 0 bridgehead atoms. The summed E-state index contributed by atoms with van der Waals surface area (Å²) >= 11 is 0. The predicted molar refractivity (Wildman–Crippen MR) is 133 cm³/mol. The molecule has 38 heavy (non-hydrogen) atoms. The fourth-order valence-electron chi connectivity index (χ4n) is 5.04. The van der Waals surface area contributed by atoms with Crippen LogP contribution in [0.5, 0.6) is 0 Å². The lowest BCUT2D eigenvalue weighted by Gasteiger charge is -2.30. The number of hydrogen-bond donors (Lipinski definition) is 0. The van der Waals surface area contributed by atoms with Crippen LogP contribution in [-0.4, -0.2) is 21.0 Å². The Balaban J connectivity index is 1.51. The number of aryl methyl sites for hydroxylation is 1. The fourth-order valence-corrected chi connectivity index (χ4v) is 5.04. The van der Waals surface area contributed by atoms with Crippen molar-refractivity contribution in [1.29, 1.82) is 0 Å². The third-order valence-electron chi connectivity index (χ3n) is 6.87. The number of hydrogen-bond acceptors (Lipinski definition) is 3. The van der Waals surface area contributed by atoms with E-state index < -0.39 is 29.4 Å². The lowest BCUT2D eigenvalue weighted by molar-refractivity contribution is -0.140. The molecule has 0 N–H and O–H groups in total. The lowest BCUT2D eigenvalue weighted by Crippen LogP contribution is -2.40. The van der Waals surface area contributed by atoms with E-state index in [4.69, 9.17) is 4.98 Å². The van der Waals surface area contributed by atoms with E-state index in [0.717, 1.165) is 17.2 Å². The standard InChI is InChI=1S/C29H24F5N3O/c1-18-35-24-14-15-36(16-21-12-13-23(29(32,33)34)26(31)25(21)30)17-22(24)28(38)37(18)27(19-8-4-2-5-9-19)20-10-6-3-7-11-20/h2-13,27H,14-17H2,1H3. The second-order valence-corrected chi connectivity index (χ2v) is 9.34. The molecule has 0 radical (unpaired) electrons. The SMILES string of the molecule is Cc1nc2c(c(=O)n1C(c1ccccc1)c1ccccc1)CN(Cc1ccc(C(F)(F)F)c(F)c1F)CC2. The van der Waals surface area contributed by atoms with Gasteiger partial charge in [-0.1, -0.05) is 66.7 Å². The summed E-state index contributed by atoms with van der Waals surface area (Å²) in [5.41, 5.74) is 0.796. The molecule has 1 aromatic heterocycles. The van der Waals surface area contributed by atoms with Gasteiger partial charge in [-0.05, 0) is 24.1 Å². The maximum Gasteiger partial charge on any atom is 0.419 e. The predicted octanol–water partition coefficient (Wildman–Crippen LogP) is 6.04. The number of nitrogens with zero attached hydrogens (tertiary/aromatic N) is 3. The van der Waals surface area contributed by atoms with Crippen molar-refractivity contribution in [3.8, 4) is 0 Å². The summed E-state index contributed by atoms with van der Waals surface area (Å²) in [7, 11) is 0. The molecule has 5 rings (SSSR count). The monoisotopic (exact) mass is 525 g/mol. The molecule has 3 aromatic carbocycles. The van der Waals surface area contributed by atoms with Crippen LogP contribution in [0.4, 0.5) is 22.0 Å². The van der Waals surface area contributed by atoms with Crippen LogP contribution in [0.2, 0.25) is 0 Å². The molecular weight excluding hydrogens is 501 g/mol. The van der Waals surface area contributed by atoms with E-state index in [1.54, 1.807) is 16.4 Å². The summed E-state index contributed by atoms with van der Waals surface area (Å²) in [6.07, 6.45) is -4.59. The molecule has 4 aromatic rings. The zero-order valence-corrected chi connectivity index (χ0v) is 20.5. The molecule has 1 aliphatic rings. The van der Waals surface area contributed by atoms with Crippen molar-refractivity contribution >= 4 is 0 Å². The Labute approximate surface area is 216 Å². The van der Waals surface area contributed by atoms with Crippen LogP contribution in [-0.2, 0) is 25.7 Å². The third-order valence-corrected chi connectivity index (χ3v) is 6.87. The van der Waals surface area contributed by atoms with Gasteiger partial charge in [0, 0.05) is 31.6 Å². The minimum absolute atomic E-state index is 0.111. The summed E-state index contributed by atoms with van der Waals surface area (Å²) in [5, 5.41) is 0. The van der Waals surface area contributed by atoms with Gasteiger partial charge in [0.15, 0.2) is 11.6 Å². The fraction of sp³-hybridized carbons (Fsp3) is 0.241. The molecule has 4 nitrogen and oxygen atoms in total. The Morgan fingerprint density at radius 1 is 0.895 bits per heavy atom. The van der Waals surface area contributed by atoms with E-state index in [1.807, 2.05) is 60.7 Å². The van der Waals surface area contributed by atoms with Crippen molar-refractivity contribution in [2.24, 2.45) is 0 Å². The number of rotatable bonds is 5. The van der Waals surface area contributed by atoms with Gasteiger partial charge in [0.1, 0.15) is 5.82 Å². The first-order valence-corrected chi connectivity index (χ1v) is 12.1. The quantitative estimate of drug-likeness (QED) is 0.298. The first kappa shape index (κ1) is 25.8. The van der Waals surface area contributed by atoms with E-state index in [0.29, 0.717) is 36.1 Å². The highest BCUT2D eigenvalue weighted by atomic mass is 19.4. The van der Waals surface area contributed by atoms with Gasteiger partial charge in [-0.2, -0.15) is 13.2 Å². The molecule has 0 spiro atoms. The Kier molecular flexibility index (Phi) is 6.88. The molecule has 0 aliphatic carbocycles. The maximum absolute atomic E-state index is 14.5. The Bertz CT molecular complexity index is 1480. The summed E-state index contributed by atoms with van der Waals surface area (Å²) in [5.74, 6) is -2.89. The topological polar surface area (TPSA) is 38.1 Å². The molecule has 1 aliphatic heterocycles. The highest BCUT2D eigenvalue weighted by Gasteiger charge is 2.36. The molecule has 0 saturated heterocycles. The summed E-state index contributed by atoms with van der Waals surface area (Å²) in [6.45, 7) is 2.15.